The van der Waals surface area contributed by atoms with Crippen molar-refractivity contribution in [2.45, 2.75) is 5.60 Å². The molecule has 1 aromatic carbocycles. The Kier molecular flexibility index (Phi) is 6.04. The van der Waals surface area contributed by atoms with Gasteiger partial charge >= 0.3 is 0 Å². The molecule has 0 bridgehead atoms. The quantitative estimate of drug-likeness (QED) is 0.178. The van der Waals surface area contributed by atoms with Crippen LogP contribution in [-0.4, -0.2) is 64.2 Å². The topological polar surface area (TPSA) is 154 Å². The number of hydroxylamine groups is 1. The summed E-state index contributed by atoms with van der Waals surface area (Å²) in [6, 6.07) is 3.70. The molecule has 1 aromatic heterocycles. The van der Waals surface area contributed by atoms with E-state index in [1.807, 2.05) is 5.48 Å². The summed E-state index contributed by atoms with van der Waals surface area (Å²) < 4.78 is 23.2. The molecule has 1 saturated heterocycles. The number of ether oxygens (including phenoxy) is 1. The predicted molar refractivity (Wildman–Crippen MR) is 93.2 cm³/mol. The van der Waals surface area contributed by atoms with Crippen molar-refractivity contribution in [2.75, 3.05) is 26.2 Å². The Balaban J connectivity index is 1.62. The Morgan fingerprint density at radius 1 is 1.46 bits per heavy atom. The molecule has 1 aliphatic heterocycles. The second-order valence-corrected chi connectivity index (χ2v) is 6.24. The third kappa shape index (κ3) is 4.36. The summed E-state index contributed by atoms with van der Waals surface area (Å²) in [6.45, 7) is 0.441. The minimum atomic E-state index is -1.41. The van der Waals surface area contributed by atoms with Crippen molar-refractivity contribution in [1.82, 2.24) is 26.4 Å². The first-order chi connectivity index (χ1) is 13.4. The van der Waals surface area contributed by atoms with Gasteiger partial charge in [-0.2, -0.15) is 0 Å². The molecule has 1 aliphatic rings. The molecule has 0 saturated carbocycles. The number of β-amino-alcohol motifs (C(OH)–C–C–N with tert-alkyl or cyclic N) is 1. The summed E-state index contributed by atoms with van der Waals surface area (Å²) in [5.41, 5.74) is 0.596. The average molecular weight is 415 g/mol. The molecule has 2 heterocycles. The zero-order valence-electron chi connectivity index (χ0n) is 14.3. The van der Waals surface area contributed by atoms with Crippen molar-refractivity contribution in [1.29, 1.82) is 0 Å². The molecule has 28 heavy (non-hydrogen) atoms. The fourth-order valence-corrected chi connectivity index (χ4v) is 2.41. The Hall–Kier alpha value is -2.80. The first-order valence-electron chi connectivity index (χ1n) is 8.04. The lowest BCUT2D eigenvalue weighted by molar-refractivity contribution is -0.144. The zero-order valence-corrected chi connectivity index (χ0v) is 15.0. The Morgan fingerprint density at radius 2 is 2.25 bits per heavy atom. The van der Waals surface area contributed by atoms with Crippen molar-refractivity contribution in [3.05, 3.63) is 34.7 Å². The van der Waals surface area contributed by atoms with Gasteiger partial charge < -0.3 is 20.5 Å². The summed E-state index contributed by atoms with van der Waals surface area (Å²) in [5.74, 6) is -1.42. The Bertz CT molecular complexity index is 888. The van der Waals surface area contributed by atoms with Crippen LogP contribution in [0.3, 0.4) is 0 Å². The maximum Gasteiger partial charge on any atom is 0.287 e. The van der Waals surface area contributed by atoms with Gasteiger partial charge in [-0.3, -0.25) is 15.5 Å². The van der Waals surface area contributed by atoms with E-state index >= 15 is 0 Å². The number of hydrogen-bond donors (Lipinski definition) is 5. The molecule has 5 N–H and O–H groups in total. The number of nitrogens with one attached hydrogen (secondary N) is 3. The van der Waals surface area contributed by atoms with Crippen LogP contribution in [0.2, 0.25) is 5.02 Å². The van der Waals surface area contributed by atoms with Crippen LogP contribution in [0, 0.1) is 5.82 Å². The van der Waals surface area contributed by atoms with Gasteiger partial charge in [0.05, 0.1) is 17.3 Å². The van der Waals surface area contributed by atoms with Gasteiger partial charge in [0.2, 0.25) is 5.69 Å². The predicted octanol–water partition coefficient (Wildman–Crippen LogP) is -0.252. The number of aliphatic imine (C=N–C) groups is 1. The van der Waals surface area contributed by atoms with Crippen molar-refractivity contribution in [3.63, 3.8) is 0 Å². The van der Waals surface area contributed by atoms with E-state index in [0.29, 0.717) is 0 Å². The highest BCUT2D eigenvalue weighted by atomic mass is 35.5. The highest BCUT2D eigenvalue weighted by Crippen LogP contribution is 2.23. The molecule has 0 radical (unpaired) electrons. The molecule has 2 aromatic rings. The van der Waals surface area contributed by atoms with E-state index in [4.69, 9.17) is 16.3 Å². The molecule has 150 valence electrons. The summed E-state index contributed by atoms with van der Waals surface area (Å²) in [5, 5.41) is 31.5. The maximum atomic E-state index is 13.2. The van der Waals surface area contributed by atoms with Gasteiger partial charge in [-0.15, -0.1) is 0 Å². The molecular weight excluding hydrogens is 399 g/mol. The Morgan fingerprint density at radius 3 is 2.89 bits per heavy atom. The van der Waals surface area contributed by atoms with E-state index < -0.39 is 17.3 Å². The van der Waals surface area contributed by atoms with E-state index in [-0.39, 0.29) is 54.4 Å². The Labute approximate surface area is 162 Å². The highest BCUT2D eigenvalue weighted by molar-refractivity contribution is 6.31. The largest absolute Gasteiger partial charge is 0.472 e. The minimum absolute atomic E-state index is 0.0163. The number of amidine groups is 1. The van der Waals surface area contributed by atoms with Gasteiger partial charge in [0, 0.05) is 13.1 Å². The molecule has 3 rings (SSSR count). The number of carbonyl (C=O) groups excluding carboxylic acids is 1. The van der Waals surface area contributed by atoms with Crippen molar-refractivity contribution in [2.24, 2.45) is 4.99 Å². The summed E-state index contributed by atoms with van der Waals surface area (Å²) in [7, 11) is 0. The van der Waals surface area contributed by atoms with Crippen LogP contribution in [0.15, 0.2) is 27.8 Å². The summed E-state index contributed by atoms with van der Waals surface area (Å²) in [6.07, 6.45) is 0. The van der Waals surface area contributed by atoms with E-state index in [0.717, 1.165) is 6.07 Å². The molecule has 0 atom stereocenters. The third-order valence-electron chi connectivity index (χ3n) is 3.82. The van der Waals surface area contributed by atoms with Gasteiger partial charge in [0.1, 0.15) is 12.4 Å². The first-order valence-corrected chi connectivity index (χ1v) is 8.42. The fraction of sp³-hybridized carbons (Fsp3) is 0.333. The number of aliphatic hydroxyl groups is 1. The number of halogens is 2. The third-order valence-corrected chi connectivity index (χ3v) is 4.11. The number of nitrogens with zero attached hydrogens (tertiary/aromatic N) is 3. The second-order valence-electron chi connectivity index (χ2n) is 5.83. The number of amides is 1. The molecule has 0 unspecified atom stereocenters. The van der Waals surface area contributed by atoms with E-state index in [1.54, 1.807) is 0 Å². The van der Waals surface area contributed by atoms with Crippen LogP contribution in [0.25, 0.3) is 0 Å². The highest BCUT2D eigenvalue weighted by Gasteiger charge is 2.41. The number of hydrogen-bond acceptors (Lipinski definition) is 9. The van der Waals surface area contributed by atoms with Gasteiger partial charge in [-0.25, -0.2) is 14.0 Å². The van der Waals surface area contributed by atoms with Crippen molar-refractivity contribution < 1.29 is 28.9 Å². The lowest BCUT2D eigenvalue weighted by Crippen LogP contribution is -2.67. The molecule has 11 nitrogen and oxygen atoms in total. The van der Waals surface area contributed by atoms with Gasteiger partial charge in [0.15, 0.2) is 11.4 Å². The summed E-state index contributed by atoms with van der Waals surface area (Å²) >= 11 is 5.70. The number of benzene rings is 1. The van der Waals surface area contributed by atoms with Crippen LogP contribution in [0.5, 0.6) is 5.88 Å². The number of aromatic nitrogens is 2. The van der Waals surface area contributed by atoms with Gasteiger partial charge in [-0.1, -0.05) is 11.6 Å². The van der Waals surface area contributed by atoms with E-state index in [1.165, 1.54) is 12.1 Å². The lowest BCUT2D eigenvalue weighted by atomic mass is 9.96. The smallest absolute Gasteiger partial charge is 0.287 e. The van der Waals surface area contributed by atoms with Gasteiger partial charge in [0.25, 0.3) is 11.8 Å². The molecule has 13 heteroatoms. The second kappa shape index (κ2) is 8.48. The average Bonchev–Trinajstić information content (AvgIpc) is 3.12. The van der Waals surface area contributed by atoms with E-state index in [2.05, 4.69) is 30.6 Å². The first kappa shape index (κ1) is 19.9. The van der Waals surface area contributed by atoms with Crippen molar-refractivity contribution >= 4 is 29.0 Å². The molecule has 0 spiro atoms. The minimum Gasteiger partial charge on any atom is -0.472 e. The van der Waals surface area contributed by atoms with Crippen LogP contribution in [-0.2, 0) is 4.79 Å². The SMILES string of the molecule is O=C(NCCOc1nonc1C(=Nc1ccc(F)c(Cl)c1)NO)C1(O)CNC1. The van der Waals surface area contributed by atoms with Gasteiger partial charge in [-0.05, 0) is 28.5 Å². The van der Waals surface area contributed by atoms with Crippen molar-refractivity contribution in [3.8, 4) is 5.88 Å². The maximum absolute atomic E-state index is 13.2. The number of carbonyl (C=O) groups is 1. The molecule has 1 fully saturated rings. The van der Waals surface area contributed by atoms with Crippen LogP contribution in [0.1, 0.15) is 5.69 Å². The fourth-order valence-electron chi connectivity index (χ4n) is 2.23. The summed E-state index contributed by atoms with van der Waals surface area (Å²) in [4.78, 5) is 15.8. The molecular formula is C15H16ClFN6O5. The lowest BCUT2D eigenvalue weighted by Gasteiger charge is -2.35. The molecule has 1 amide bonds. The normalized spacial score (nSPS) is 15.6. The van der Waals surface area contributed by atoms with Crippen LogP contribution >= 0.6 is 11.6 Å². The van der Waals surface area contributed by atoms with Crippen LogP contribution in [0.4, 0.5) is 10.1 Å². The van der Waals surface area contributed by atoms with Crippen LogP contribution < -0.4 is 20.9 Å². The zero-order chi connectivity index (χ0) is 20.1. The molecule has 0 aliphatic carbocycles. The van der Waals surface area contributed by atoms with E-state index in [9.17, 15) is 19.5 Å². The monoisotopic (exact) mass is 414 g/mol. The number of rotatable bonds is 7. The standard InChI is InChI=1S/C15H16ClFN6O5/c16-9-5-8(1-2-10(9)17)20-12(21-26)11-13(23-28-22-11)27-4-3-19-14(24)15(25)6-18-7-15/h1-2,5,18,25-26H,3-4,6-7H2,(H,19,24)(H,20,21).